The van der Waals surface area contributed by atoms with Crippen molar-refractivity contribution in [2.75, 3.05) is 50.6 Å². The second-order valence-electron chi connectivity index (χ2n) is 12.9. The number of nitrogens with zero attached hydrogens (tertiary/aromatic N) is 5. The van der Waals surface area contributed by atoms with Crippen LogP contribution in [0.15, 0.2) is 12.1 Å². The molecule has 0 spiro atoms. The number of nitrogens with two attached hydrogens (primary N) is 1. The van der Waals surface area contributed by atoms with Gasteiger partial charge in [-0.1, -0.05) is 17.7 Å². The molecule has 6 heterocycles. The number of benzene rings is 2. The number of piperidine rings is 1. The lowest BCUT2D eigenvalue weighted by Crippen LogP contribution is -2.48. The predicted octanol–water partition coefficient (Wildman–Crippen LogP) is 6.62. The van der Waals surface area contributed by atoms with E-state index in [-0.39, 0.29) is 85.0 Å². The van der Waals surface area contributed by atoms with Gasteiger partial charge in [-0.15, -0.1) is 11.3 Å². The Morgan fingerprint density at radius 3 is 2.89 bits per heavy atom. The molecule has 4 aliphatic heterocycles. The summed E-state index contributed by atoms with van der Waals surface area (Å²) >= 11 is 7.94. The van der Waals surface area contributed by atoms with Crippen LogP contribution in [0, 0.1) is 23.0 Å². The predicted molar refractivity (Wildman–Crippen MR) is 174 cm³/mol. The molecule has 3 saturated heterocycles. The molecule has 9 nitrogen and oxygen atoms in total. The monoisotopic (exact) mass is 684 g/mol. The van der Waals surface area contributed by atoms with E-state index in [1.54, 1.807) is 7.11 Å². The highest BCUT2D eigenvalue weighted by atomic mass is 35.5. The highest BCUT2D eigenvalue weighted by Gasteiger charge is 2.48. The van der Waals surface area contributed by atoms with Crippen molar-refractivity contribution < 1.29 is 27.4 Å². The maximum absolute atomic E-state index is 17.1. The van der Waals surface area contributed by atoms with E-state index in [4.69, 9.17) is 36.5 Å². The Hall–Kier alpha value is -3.57. The first-order valence-corrected chi connectivity index (χ1v) is 17.0. The van der Waals surface area contributed by atoms with Gasteiger partial charge in [0.1, 0.15) is 41.0 Å². The molecule has 246 valence electrons. The molecule has 0 aliphatic carbocycles. The summed E-state index contributed by atoms with van der Waals surface area (Å²) in [7, 11) is 1.66. The summed E-state index contributed by atoms with van der Waals surface area (Å²) in [5.74, 6) is -0.755. The number of hydrogen-bond donors (Lipinski definition) is 1. The summed E-state index contributed by atoms with van der Waals surface area (Å²) in [5, 5.41) is 10.5. The van der Waals surface area contributed by atoms with Crippen molar-refractivity contribution >= 4 is 54.7 Å². The van der Waals surface area contributed by atoms with Gasteiger partial charge in [-0.05, 0) is 50.3 Å². The van der Waals surface area contributed by atoms with Gasteiger partial charge >= 0.3 is 6.01 Å². The van der Waals surface area contributed by atoms with Crippen molar-refractivity contribution in [3.05, 3.63) is 34.4 Å². The van der Waals surface area contributed by atoms with Gasteiger partial charge in [-0.25, -0.2) is 13.2 Å². The lowest BCUT2D eigenvalue weighted by molar-refractivity contribution is 0.0765. The lowest BCUT2D eigenvalue weighted by atomic mass is 9.90. The number of alkyl halides is 1. The van der Waals surface area contributed by atoms with E-state index in [0.29, 0.717) is 37.1 Å². The van der Waals surface area contributed by atoms with Gasteiger partial charge in [0.2, 0.25) is 0 Å². The third-order valence-corrected chi connectivity index (χ3v) is 11.8. The van der Waals surface area contributed by atoms with E-state index in [2.05, 4.69) is 9.88 Å². The number of rotatable bonds is 6. The summed E-state index contributed by atoms with van der Waals surface area (Å²) in [5.41, 5.74) is 5.91. The number of ether oxygens (including phenoxy) is 3. The van der Waals surface area contributed by atoms with E-state index in [0.717, 1.165) is 43.6 Å². The summed E-state index contributed by atoms with van der Waals surface area (Å²) in [6.45, 7) is 2.27. The third kappa shape index (κ3) is 4.78. The molecule has 8 rings (SSSR count). The molecule has 3 fully saturated rings. The molecule has 2 unspecified atom stereocenters. The number of thiophene rings is 1. The van der Waals surface area contributed by atoms with Crippen molar-refractivity contribution in [3.63, 3.8) is 0 Å². The van der Waals surface area contributed by atoms with Crippen molar-refractivity contribution in [3.8, 4) is 29.0 Å². The number of anilines is 2. The molecule has 0 radical (unpaired) electrons. The number of nitrogen functional groups attached to an aromatic ring is 1. The Kier molecular flexibility index (Phi) is 7.55. The highest BCUT2D eigenvalue weighted by Crippen LogP contribution is 2.51. The first kappa shape index (κ1) is 30.7. The summed E-state index contributed by atoms with van der Waals surface area (Å²) in [6, 6.07) is 4.50. The molecule has 14 heteroatoms. The van der Waals surface area contributed by atoms with Crippen LogP contribution >= 0.6 is 22.9 Å². The Morgan fingerprint density at radius 2 is 2.09 bits per heavy atom. The van der Waals surface area contributed by atoms with Crippen LogP contribution in [-0.2, 0) is 4.74 Å². The Bertz CT molecular complexity index is 1970. The molecular formula is C33H32ClF3N6O3S. The highest BCUT2D eigenvalue weighted by molar-refractivity contribution is 7.23. The van der Waals surface area contributed by atoms with Crippen LogP contribution in [0.3, 0.4) is 0 Å². The van der Waals surface area contributed by atoms with Gasteiger partial charge in [-0.2, -0.15) is 15.2 Å². The largest absolute Gasteiger partial charge is 0.489 e. The molecule has 2 N–H and O–H groups in total. The summed E-state index contributed by atoms with van der Waals surface area (Å²) < 4.78 is 64.8. The summed E-state index contributed by atoms with van der Waals surface area (Å²) in [6.07, 6.45) is 3.57. The van der Waals surface area contributed by atoms with Gasteiger partial charge in [0.25, 0.3) is 0 Å². The van der Waals surface area contributed by atoms with Crippen molar-refractivity contribution in [2.45, 2.75) is 62.4 Å². The van der Waals surface area contributed by atoms with E-state index < -0.39 is 17.8 Å². The van der Waals surface area contributed by atoms with Gasteiger partial charge < -0.3 is 24.8 Å². The maximum atomic E-state index is 17.1. The second kappa shape index (κ2) is 11.5. The lowest BCUT2D eigenvalue weighted by Gasteiger charge is -2.38. The molecule has 47 heavy (non-hydrogen) atoms. The number of fused-ring (bicyclic) bond motifs is 4. The summed E-state index contributed by atoms with van der Waals surface area (Å²) in [4.78, 5) is 13.7. The van der Waals surface area contributed by atoms with Gasteiger partial charge in [0, 0.05) is 43.1 Å². The van der Waals surface area contributed by atoms with E-state index >= 15 is 4.39 Å². The fourth-order valence-corrected chi connectivity index (χ4v) is 9.41. The molecule has 4 aromatic rings. The molecule has 0 saturated carbocycles. The molecular weight excluding hydrogens is 653 g/mol. The number of hydrogen-bond acceptors (Lipinski definition) is 10. The molecule has 4 atom stereocenters. The zero-order valence-corrected chi connectivity index (χ0v) is 27.2. The standard InChI is InChI=1S/C33H32ClF3N6O3S/c1-44-18-4-3-17-15-46-28-24-27(26(37)23(25(28)34)19-5-6-21(36)29-22(19)20(12-38)30(39)47-29)40-32(41-31(24)43(17)14-18)45-10-8-33-7-2-9-42(33)13-16(35)11-33/h5-6,16-18H,2-4,7-11,13-15,39H2,1H3/t16-,17?,18?,33-/m1/s1. The minimum absolute atomic E-state index is 0.0247. The molecule has 0 bridgehead atoms. The average Bonchev–Trinajstić information content (AvgIpc) is 3.67. The number of nitriles is 1. The van der Waals surface area contributed by atoms with E-state index in [1.165, 1.54) is 12.1 Å². The van der Waals surface area contributed by atoms with Crippen LogP contribution in [-0.4, -0.2) is 78.7 Å². The zero-order valence-electron chi connectivity index (χ0n) is 25.6. The minimum atomic E-state index is -0.862. The Balaban J connectivity index is 1.29. The van der Waals surface area contributed by atoms with Crippen molar-refractivity contribution in [1.82, 2.24) is 14.9 Å². The van der Waals surface area contributed by atoms with Crippen molar-refractivity contribution in [2.24, 2.45) is 0 Å². The minimum Gasteiger partial charge on any atom is -0.489 e. The first-order valence-electron chi connectivity index (χ1n) is 15.8. The van der Waals surface area contributed by atoms with Crippen LogP contribution in [0.5, 0.6) is 11.8 Å². The average molecular weight is 685 g/mol. The van der Waals surface area contributed by atoms with Crippen LogP contribution in [0.2, 0.25) is 5.02 Å². The zero-order chi connectivity index (χ0) is 32.6. The van der Waals surface area contributed by atoms with Crippen LogP contribution in [0.25, 0.3) is 32.1 Å². The van der Waals surface area contributed by atoms with Gasteiger partial charge in [0.05, 0.1) is 39.4 Å². The normalized spacial score (nSPS) is 25.4. The Morgan fingerprint density at radius 1 is 1.23 bits per heavy atom. The number of methoxy groups -OCH3 is 1. The topological polar surface area (TPSA) is 110 Å². The van der Waals surface area contributed by atoms with Gasteiger partial charge in [-0.3, -0.25) is 4.90 Å². The second-order valence-corrected chi connectivity index (χ2v) is 14.3. The SMILES string of the molecule is COC1CCC2COc3c(Cl)c(-c4ccc(F)c5sc(N)c(C#N)c45)c(F)c4nc(OCC[C@@]56CCCN5C[C@H](F)C6)nc(c34)N2C1. The Labute approximate surface area is 278 Å². The van der Waals surface area contributed by atoms with E-state index in [9.17, 15) is 14.0 Å². The third-order valence-electron chi connectivity index (χ3n) is 10.4. The van der Waals surface area contributed by atoms with E-state index in [1.807, 2.05) is 11.0 Å². The first-order chi connectivity index (χ1) is 22.7. The number of aromatic nitrogens is 2. The van der Waals surface area contributed by atoms with Crippen LogP contribution < -0.4 is 20.1 Å². The molecule has 4 aliphatic rings. The fraction of sp³-hybridized carbons (Fsp3) is 0.485. The van der Waals surface area contributed by atoms with Gasteiger partial charge in [0.15, 0.2) is 11.6 Å². The van der Waals surface area contributed by atoms with Crippen molar-refractivity contribution in [1.29, 1.82) is 5.26 Å². The molecule has 2 aromatic heterocycles. The number of halogens is 4. The van der Waals surface area contributed by atoms with Crippen LogP contribution in [0.1, 0.15) is 44.1 Å². The quantitative estimate of drug-likeness (QED) is 0.240. The smallest absolute Gasteiger partial charge is 0.319 e. The molecule has 2 aromatic carbocycles. The fourth-order valence-electron chi connectivity index (χ4n) is 8.13. The van der Waals surface area contributed by atoms with Crippen LogP contribution in [0.4, 0.5) is 24.0 Å². The maximum Gasteiger partial charge on any atom is 0.319 e. The molecule has 0 amide bonds.